The average Bonchev–Trinajstić information content (AvgIpc) is 2.45. The summed E-state index contributed by atoms with van der Waals surface area (Å²) in [5.41, 5.74) is -0.827. The average molecular weight is 323 g/mol. The van der Waals surface area contributed by atoms with Crippen molar-refractivity contribution in [2.45, 2.75) is 6.18 Å². The Kier molecular flexibility index (Phi) is 5.29. The smallest absolute Gasteiger partial charge is 0.357 e. The maximum absolute atomic E-state index is 12.6. The minimum Gasteiger partial charge on any atom is -0.357 e. The first-order valence-electron chi connectivity index (χ1n) is 6.75. The van der Waals surface area contributed by atoms with E-state index < -0.39 is 11.7 Å². The highest BCUT2D eigenvalue weighted by Gasteiger charge is 2.31. The first-order chi connectivity index (χ1) is 9.88. The minimum atomic E-state index is -4.42. The number of alkyl halides is 3. The monoisotopic (exact) mass is 322 g/mol. The number of nitrogens with zero attached hydrogens (tertiary/aromatic N) is 3. The molecule has 1 aromatic rings. The second-order valence-electron chi connectivity index (χ2n) is 5.04. The van der Waals surface area contributed by atoms with Crippen molar-refractivity contribution >= 4 is 17.4 Å². The number of rotatable bonds is 4. The maximum atomic E-state index is 12.6. The van der Waals surface area contributed by atoms with Crippen molar-refractivity contribution in [2.75, 3.05) is 51.2 Å². The van der Waals surface area contributed by atoms with E-state index >= 15 is 0 Å². The molecule has 2 rings (SSSR count). The molecule has 1 N–H and O–H groups in total. The van der Waals surface area contributed by atoms with Gasteiger partial charge in [0.25, 0.3) is 0 Å². The van der Waals surface area contributed by atoms with Gasteiger partial charge in [-0.3, -0.25) is 4.90 Å². The summed E-state index contributed by atoms with van der Waals surface area (Å²) in [6.07, 6.45) is -3.60. The maximum Gasteiger partial charge on any atom is 0.417 e. The zero-order valence-corrected chi connectivity index (χ0v) is 12.5. The SMILES string of the molecule is CN(CCN1CCNCC1)c1ncc(C(F)(F)F)cc1Cl. The van der Waals surface area contributed by atoms with Crippen LogP contribution in [0.15, 0.2) is 12.3 Å². The van der Waals surface area contributed by atoms with E-state index in [9.17, 15) is 13.2 Å². The van der Waals surface area contributed by atoms with Gasteiger partial charge >= 0.3 is 6.18 Å². The van der Waals surface area contributed by atoms with E-state index in [0.717, 1.165) is 45.0 Å². The summed E-state index contributed by atoms with van der Waals surface area (Å²) in [6, 6.07) is 0.922. The van der Waals surface area contributed by atoms with E-state index in [2.05, 4.69) is 15.2 Å². The minimum absolute atomic E-state index is 0.0210. The lowest BCUT2D eigenvalue weighted by Crippen LogP contribution is -2.46. The number of pyridine rings is 1. The van der Waals surface area contributed by atoms with Crippen LogP contribution in [0.4, 0.5) is 19.0 Å². The summed E-state index contributed by atoms with van der Waals surface area (Å²) in [6.45, 7) is 5.37. The van der Waals surface area contributed by atoms with Crippen molar-refractivity contribution in [1.82, 2.24) is 15.2 Å². The second-order valence-corrected chi connectivity index (χ2v) is 5.45. The second kappa shape index (κ2) is 6.81. The van der Waals surface area contributed by atoms with Crippen LogP contribution in [0.2, 0.25) is 5.02 Å². The Morgan fingerprint density at radius 3 is 2.62 bits per heavy atom. The van der Waals surface area contributed by atoms with Crippen LogP contribution in [0.3, 0.4) is 0 Å². The topological polar surface area (TPSA) is 31.4 Å². The third-order valence-corrected chi connectivity index (χ3v) is 3.75. The van der Waals surface area contributed by atoms with E-state index in [-0.39, 0.29) is 5.02 Å². The van der Waals surface area contributed by atoms with E-state index in [1.54, 1.807) is 11.9 Å². The lowest BCUT2D eigenvalue weighted by atomic mass is 10.2. The molecule has 0 unspecified atom stereocenters. The van der Waals surface area contributed by atoms with Gasteiger partial charge in [-0.05, 0) is 6.07 Å². The highest BCUT2D eigenvalue weighted by atomic mass is 35.5. The Hall–Kier alpha value is -1.05. The molecule has 1 aliphatic heterocycles. The quantitative estimate of drug-likeness (QED) is 0.920. The van der Waals surface area contributed by atoms with Crippen molar-refractivity contribution in [3.8, 4) is 0 Å². The van der Waals surface area contributed by atoms with E-state index in [4.69, 9.17) is 11.6 Å². The molecule has 1 aliphatic rings. The van der Waals surface area contributed by atoms with Gasteiger partial charge in [0.1, 0.15) is 5.82 Å². The molecule has 0 atom stereocenters. The molecule has 0 aromatic carbocycles. The van der Waals surface area contributed by atoms with Crippen LogP contribution >= 0.6 is 11.6 Å². The summed E-state index contributed by atoms with van der Waals surface area (Å²) >= 11 is 5.92. The Bertz CT molecular complexity index is 475. The molecular weight excluding hydrogens is 305 g/mol. The van der Waals surface area contributed by atoms with E-state index in [1.165, 1.54) is 0 Å². The van der Waals surface area contributed by atoms with Gasteiger partial charge in [0.2, 0.25) is 0 Å². The first kappa shape index (κ1) is 16.3. The fourth-order valence-electron chi connectivity index (χ4n) is 2.20. The van der Waals surface area contributed by atoms with E-state index in [0.29, 0.717) is 12.4 Å². The molecule has 8 heteroatoms. The van der Waals surface area contributed by atoms with Gasteiger partial charge < -0.3 is 10.2 Å². The standard InChI is InChI=1S/C13H18ClF3N4/c1-20(6-7-21-4-2-18-3-5-21)12-11(14)8-10(9-19-12)13(15,16)17/h8-9,18H,2-7H2,1H3. The Balaban J connectivity index is 1.97. The fraction of sp³-hybridized carbons (Fsp3) is 0.615. The fourth-order valence-corrected chi connectivity index (χ4v) is 2.51. The predicted octanol–water partition coefficient (Wildman–Crippen LogP) is 2.10. The third-order valence-electron chi connectivity index (χ3n) is 3.47. The molecule has 0 aliphatic carbocycles. The number of aromatic nitrogens is 1. The largest absolute Gasteiger partial charge is 0.417 e. The number of piperazine rings is 1. The lowest BCUT2D eigenvalue weighted by molar-refractivity contribution is -0.137. The summed E-state index contributed by atoms with van der Waals surface area (Å²) in [4.78, 5) is 7.93. The molecule has 0 amide bonds. The molecule has 1 aromatic heterocycles. The molecule has 1 saturated heterocycles. The molecule has 118 valence electrons. The van der Waals surface area contributed by atoms with Crippen molar-refractivity contribution < 1.29 is 13.2 Å². The zero-order chi connectivity index (χ0) is 15.5. The van der Waals surface area contributed by atoms with Crippen molar-refractivity contribution in [3.05, 3.63) is 22.8 Å². The van der Waals surface area contributed by atoms with Gasteiger partial charge in [-0.25, -0.2) is 4.98 Å². The van der Waals surface area contributed by atoms with Crippen molar-refractivity contribution in [2.24, 2.45) is 0 Å². The van der Waals surface area contributed by atoms with Gasteiger partial charge in [-0.15, -0.1) is 0 Å². The molecule has 1 fully saturated rings. The number of likely N-dealkylation sites (N-methyl/N-ethyl adjacent to an activating group) is 1. The van der Waals surface area contributed by atoms with Crippen LogP contribution in [0.1, 0.15) is 5.56 Å². The van der Waals surface area contributed by atoms with Gasteiger partial charge in [-0.1, -0.05) is 11.6 Å². The van der Waals surface area contributed by atoms with Crippen LogP contribution in [-0.2, 0) is 6.18 Å². The zero-order valence-electron chi connectivity index (χ0n) is 11.8. The van der Waals surface area contributed by atoms with Crippen molar-refractivity contribution in [1.29, 1.82) is 0 Å². The molecule has 4 nitrogen and oxygen atoms in total. The number of hydrogen-bond acceptors (Lipinski definition) is 4. The van der Waals surface area contributed by atoms with E-state index in [1.807, 2.05) is 0 Å². The molecule has 2 heterocycles. The molecule has 0 spiro atoms. The van der Waals surface area contributed by atoms with Gasteiger partial charge in [-0.2, -0.15) is 13.2 Å². The third kappa shape index (κ3) is 4.46. The number of hydrogen-bond donors (Lipinski definition) is 1. The Morgan fingerprint density at radius 2 is 2.05 bits per heavy atom. The van der Waals surface area contributed by atoms with Crippen LogP contribution in [-0.4, -0.2) is 56.2 Å². The van der Waals surface area contributed by atoms with Crippen molar-refractivity contribution in [3.63, 3.8) is 0 Å². The highest BCUT2D eigenvalue weighted by Crippen LogP contribution is 2.33. The summed E-state index contributed by atoms with van der Waals surface area (Å²) in [7, 11) is 1.78. The van der Waals surface area contributed by atoms with Crippen LogP contribution in [0.5, 0.6) is 0 Å². The normalized spacial score (nSPS) is 17.0. The summed E-state index contributed by atoms with van der Waals surface area (Å²) in [5, 5.41) is 3.29. The van der Waals surface area contributed by atoms with Gasteiger partial charge in [0, 0.05) is 52.5 Å². The molecule has 0 radical (unpaired) electrons. The molecule has 0 bridgehead atoms. The van der Waals surface area contributed by atoms with Crippen LogP contribution < -0.4 is 10.2 Å². The van der Waals surface area contributed by atoms with Crippen LogP contribution in [0, 0.1) is 0 Å². The number of anilines is 1. The molecule has 21 heavy (non-hydrogen) atoms. The highest BCUT2D eigenvalue weighted by molar-refractivity contribution is 6.33. The summed E-state index contributed by atoms with van der Waals surface area (Å²) < 4.78 is 37.7. The lowest BCUT2D eigenvalue weighted by Gasteiger charge is -2.29. The molecule has 0 saturated carbocycles. The van der Waals surface area contributed by atoms with Gasteiger partial charge in [0.15, 0.2) is 0 Å². The Labute approximate surface area is 126 Å². The summed E-state index contributed by atoms with van der Waals surface area (Å²) in [5.74, 6) is 0.375. The Morgan fingerprint density at radius 1 is 1.38 bits per heavy atom. The van der Waals surface area contributed by atoms with Gasteiger partial charge in [0.05, 0.1) is 10.6 Å². The van der Waals surface area contributed by atoms with Crippen LogP contribution in [0.25, 0.3) is 0 Å². The number of nitrogens with one attached hydrogen (secondary N) is 1. The number of halogens is 4. The predicted molar refractivity (Wildman–Crippen MR) is 76.8 cm³/mol. The first-order valence-corrected chi connectivity index (χ1v) is 7.12. The molecular formula is C13H18ClF3N4.